The molecule has 1 aromatic rings. The van der Waals surface area contributed by atoms with Gasteiger partial charge in [-0.2, -0.15) is 0 Å². The molecule has 0 amide bonds. The topological polar surface area (TPSA) is 61.3 Å². The molecule has 5 heteroatoms. The molecule has 0 radical (unpaired) electrons. The van der Waals surface area contributed by atoms with E-state index in [2.05, 4.69) is 20.2 Å². The lowest BCUT2D eigenvalue weighted by molar-refractivity contribution is 0.203. The first-order valence-corrected chi connectivity index (χ1v) is 6.12. The van der Waals surface area contributed by atoms with Crippen LogP contribution in [0.3, 0.4) is 0 Å². The highest BCUT2D eigenvalue weighted by Crippen LogP contribution is 2.22. The fraction of sp³-hybridized carbons (Fsp3) is 0.667. The van der Waals surface area contributed by atoms with E-state index >= 15 is 0 Å². The summed E-state index contributed by atoms with van der Waals surface area (Å²) in [7, 11) is 1.86. The molecule has 0 spiro atoms. The Morgan fingerprint density at radius 1 is 1.41 bits per heavy atom. The summed E-state index contributed by atoms with van der Waals surface area (Å²) in [4.78, 5) is 11.0. The van der Waals surface area contributed by atoms with Crippen molar-refractivity contribution in [1.82, 2.24) is 9.97 Å². The highest BCUT2D eigenvalue weighted by atomic mass is 16.3. The number of nitrogens with one attached hydrogen (secondary N) is 1. The summed E-state index contributed by atoms with van der Waals surface area (Å²) in [5.74, 6) is 3.09. The van der Waals surface area contributed by atoms with Crippen LogP contribution in [0.1, 0.15) is 18.7 Å². The predicted molar refractivity (Wildman–Crippen MR) is 68.3 cm³/mol. The second-order valence-electron chi connectivity index (χ2n) is 4.52. The van der Waals surface area contributed by atoms with Crippen molar-refractivity contribution < 1.29 is 5.11 Å². The van der Waals surface area contributed by atoms with E-state index in [4.69, 9.17) is 5.11 Å². The summed E-state index contributed by atoms with van der Waals surface area (Å²) >= 11 is 0. The van der Waals surface area contributed by atoms with E-state index in [-0.39, 0.29) is 0 Å². The zero-order valence-corrected chi connectivity index (χ0v) is 10.5. The molecule has 5 nitrogen and oxygen atoms in total. The minimum Gasteiger partial charge on any atom is -0.396 e. The van der Waals surface area contributed by atoms with E-state index in [1.54, 1.807) is 0 Å². The van der Waals surface area contributed by atoms with Crippen LogP contribution in [0, 0.1) is 12.8 Å². The highest BCUT2D eigenvalue weighted by Gasteiger charge is 2.19. The van der Waals surface area contributed by atoms with Crippen LogP contribution in [0.15, 0.2) is 6.07 Å². The predicted octanol–water partition coefficient (Wildman–Crippen LogP) is 1.04. The maximum absolute atomic E-state index is 9.12. The Morgan fingerprint density at radius 2 is 2.12 bits per heavy atom. The molecule has 0 aliphatic carbocycles. The lowest BCUT2D eigenvalue weighted by Gasteiger charge is -2.32. The summed E-state index contributed by atoms with van der Waals surface area (Å²) in [5, 5.41) is 12.2. The third-order valence-electron chi connectivity index (χ3n) is 3.28. The number of anilines is 2. The largest absolute Gasteiger partial charge is 0.396 e. The van der Waals surface area contributed by atoms with Gasteiger partial charge in [0.1, 0.15) is 17.5 Å². The molecular formula is C12H20N4O. The summed E-state index contributed by atoms with van der Waals surface area (Å²) in [6, 6.07) is 1.98. The number of hydrogen-bond donors (Lipinski definition) is 2. The van der Waals surface area contributed by atoms with Gasteiger partial charge in [-0.15, -0.1) is 0 Å². The van der Waals surface area contributed by atoms with Gasteiger partial charge in [-0.3, -0.25) is 0 Å². The number of rotatable bonds is 3. The number of aromatic nitrogens is 2. The minimum atomic E-state index is 0.304. The lowest BCUT2D eigenvalue weighted by atomic mass is 9.98. The van der Waals surface area contributed by atoms with E-state index in [1.165, 1.54) is 0 Å². The second-order valence-corrected chi connectivity index (χ2v) is 4.52. The van der Waals surface area contributed by atoms with Crippen molar-refractivity contribution in [2.45, 2.75) is 19.8 Å². The summed E-state index contributed by atoms with van der Waals surface area (Å²) in [5.41, 5.74) is 0. The Kier molecular flexibility index (Phi) is 3.78. The summed E-state index contributed by atoms with van der Waals surface area (Å²) < 4.78 is 0. The van der Waals surface area contributed by atoms with Crippen molar-refractivity contribution in [2.24, 2.45) is 5.92 Å². The van der Waals surface area contributed by atoms with Gasteiger partial charge in [-0.05, 0) is 25.7 Å². The fourth-order valence-electron chi connectivity index (χ4n) is 2.19. The van der Waals surface area contributed by atoms with Crippen LogP contribution < -0.4 is 10.2 Å². The Bertz CT molecular complexity index is 375. The van der Waals surface area contributed by atoms with Crippen LogP contribution in [-0.4, -0.2) is 41.8 Å². The number of nitrogens with zero attached hydrogens (tertiary/aromatic N) is 3. The quantitative estimate of drug-likeness (QED) is 0.821. The summed E-state index contributed by atoms with van der Waals surface area (Å²) in [6.07, 6.45) is 2.07. The Hall–Kier alpha value is -1.36. The second kappa shape index (κ2) is 5.31. The molecule has 1 aliphatic rings. The SMILES string of the molecule is CNc1cc(N2CCC(CO)CC2)nc(C)n1. The molecular weight excluding hydrogens is 216 g/mol. The molecule has 0 saturated carbocycles. The van der Waals surface area contributed by atoms with Crippen LogP contribution in [0.4, 0.5) is 11.6 Å². The maximum atomic E-state index is 9.12. The number of aliphatic hydroxyl groups excluding tert-OH is 1. The van der Waals surface area contributed by atoms with Crippen LogP contribution in [0.25, 0.3) is 0 Å². The molecule has 2 rings (SSSR count). The minimum absolute atomic E-state index is 0.304. The normalized spacial score (nSPS) is 17.2. The lowest BCUT2D eigenvalue weighted by Crippen LogP contribution is -2.35. The van der Waals surface area contributed by atoms with Crippen molar-refractivity contribution >= 4 is 11.6 Å². The molecule has 0 atom stereocenters. The van der Waals surface area contributed by atoms with E-state index in [0.29, 0.717) is 12.5 Å². The van der Waals surface area contributed by atoms with Gasteiger partial charge in [0.15, 0.2) is 0 Å². The molecule has 0 aromatic carbocycles. The average Bonchev–Trinajstić information content (AvgIpc) is 2.38. The van der Waals surface area contributed by atoms with Crippen LogP contribution in [-0.2, 0) is 0 Å². The molecule has 1 fully saturated rings. The average molecular weight is 236 g/mol. The van der Waals surface area contributed by atoms with E-state index in [1.807, 2.05) is 20.0 Å². The van der Waals surface area contributed by atoms with Gasteiger partial charge in [-0.25, -0.2) is 9.97 Å². The molecule has 1 aliphatic heterocycles. The molecule has 0 unspecified atom stereocenters. The Morgan fingerprint density at radius 3 is 2.71 bits per heavy atom. The zero-order valence-electron chi connectivity index (χ0n) is 10.5. The fourth-order valence-corrected chi connectivity index (χ4v) is 2.19. The first-order valence-electron chi connectivity index (χ1n) is 6.12. The molecule has 1 aromatic heterocycles. The standard InChI is InChI=1S/C12H20N4O/c1-9-14-11(13-2)7-12(15-9)16-5-3-10(8-17)4-6-16/h7,10,17H,3-6,8H2,1-2H3,(H,13,14,15). The molecule has 94 valence electrons. The first kappa shape index (κ1) is 12.1. The molecule has 2 N–H and O–H groups in total. The Balaban J connectivity index is 2.10. The van der Waals surface area contributed by atoms with Gasteiger partial charge in [0, 0.05) is 32.8 Å². The number of aliphatic hydroxyl groups is 1. The van der Waals surface area contributed by atoms with Crippen molar-refractivity contribution in [1.29, 1.82) is 0 Å². The molecule has 1 saturated heterocycles. The van der Waals surface area contributed by atoms with Crippen molar-refractivity contribution in [3.63, 3.8) is 0 Å². The molecule has 2 heterocycles. The highest BCUT2D eigenvalue weighted by molar-refractivity contribution is 5.49. The maximum Gasteiger partial charge on any atom is 0.134 e. The third-order valence-corrected chi connectivity index (χ3v) is 3.28. The van der Waals surface area contributed by atoms with Crippen molar-refractivity contribution in [3.8, 4) is 0 Å². The van der Waals surface area contributed by atoms with Gasteiger partial charge >= 0.3 is 0 Å². The van der Waals surface area contributed by atoms with E-state index in [9.17, 15) is 0 Å². The Labute approximate surface area is 102 Å². The van der Waals surface area contributed by atoms with Crippen LogP contribution in [0.5, 0.6) is 0 Å². The van der Waals surface area contributed by atoms with Gasteiger partial charge < -0.3 is 15.3 Å². The van der Waals surface area contributed by atoms with E-state index < -0.39 is 0 Å². The van der Waals surface area contributed by atoms with Gasteiger partial charge in [0.25, 0.3) is 0 Å². The molecule has 0 bridgehead atoms. The summed E-state index contributed by atoms with van der Waals surface area (Å²) in [6.45, 7) is 4.14. The number of piperidine rings is 1. The van der Waals surface area contributed by atoms with Crippen LogP contribution >= 0.6 is 0 Å². The van der Waals surface area contributed by atoms with Crippen molar-refractivity contribution in [2.75, 3.05) is 37.0 Å². The van der Waals surface area contributed by atoms with Gasteiger partial charge in [0.05, 0.1) is 0 Å². The van der Waals surface area contributed by atoms with Crippen molar-refractivity contribution in [3.05, 3.63) is 11.9 Å². The van der Waals surface area contributed by atoms with Gasteiger partial charge in [0.2, 0.25) is 0 Å². The monoisotopic (exact) mass is 236 g/mol. The molecule has 17 heavy (non-hydrogen) atoms. The smallest absolute Gasteiger partial charge is 0.134 e. The van der Waals surface area contributed by atoms with E-state index in [0.717, 1.165) is 43.4 Å². The van der Waals surface area contributed by atoms with Crippen LogP contribution in [0.2, 0.25) is 0 Å². The number of hydrogen-bond acceptors (Lipinski definition) is 5. The first-order chi connectivity index (χ1) is 8.22. The zero-order chi connectivity index (χ0) is 12.3. The van der Waals surface area contributed by atoms with Gasteiger partial charge in [-0.1, -0.05) is 0 Å². The third kappa shape index (κ3) is 2.85. The number of aryl methyl sites for hydroxylation is 1.